The van der Waals surface area contributed by atoms with Gasteiger partial charge in [0.05, 0.1) is 18.5 Å². The molecule has 0 radical (unpaired) electrons. The molecule has 3 amide bonds. The van der Waals surface area contributed by atoms with Gasteiger partial charge in [-0.25, -0.2) is 4.79 Å². The van der Waals surface area contributed by atoms with Gasteiger partial charge in [0.2, 0.25) is 5.91 Å². The molecular weight excluding hydrogens is 350 g/mol. The fourth-order valence-electron chi connectivity index (χ4n) is 4.48. The average molecular weight is 377 g/mol. The number of rotatable bonds is 6. The minimum atomic E-state index is -0.606. The van der Waals surface area contributed by atoms with Crippen LogP contribution < -0.4 is 11.1 Å². The van der Waals surface area contributed by atoms with E-state index in [1.807, 2.05) is 31.2 Å². The highest BCUT2D eigenvalue weighted by Gasteiger charge is 2.40. The Bertz CT molecular complexity index is 891. The molecule has 1 saturated carbocycles. The normalized spacial score (nSPS) is 19.0. The predicted octanol–water partition coefficient (Wildman–Crippen LogP) is 3.77. The summed E-state index contributed by atoms with van der Waals surface area (Å²) in [5.41, 5.74) is 10.0. The van der Waals surface area contributed by atoms with Gasteiger partial charge in [0, 0.05) is 6.04 Å². The molecule has 146 valence electrons. The van der Waals surface area contributed by atoms with E-state index in [0.717, 1.165) is 36.8 Å². The van der Waals surface area contributed by atoms with Crippen LogP contribution in [-0.2, 0) is 11.2 Å². The molecular formula is C23H27N3O2. The number of benzene rings is 2. The summed E-state index contributed by atoms with van der Waals surface area (Å²) < 4.78 is 0. The Labute approximate surface area is 165 Å². The first-order valence-electron chi connectivity index (χ1n) is 10.0. The van der Waals surface area contributed by atoms with Gasteiger partial charge in [0.15, 0.2) is 0 Å². The first-order valence-corrected chi connectivity index (χ1v) is 10.0. The highest BCUT2D eigenvalue weighted by molar-refractivity contribution is 5.80. The van der Waals surface area contributed by atoms with Crippen molar-refractivity contribution >= 4 is 11.9 Å². The van der Waals surface area contributed by atoms with Crippen molar-refractivity contribution < 1.29 is 9.59 Å². The second-order valence-electron chi connectivity index (χ2n) is 7.91. The molecule has 0 bridgehead atoms. The maximum atomic E-state index is 13.4. The molecule has 0 aromatic heterocycles. The average Bonchev–Trinajstić information content (AvgIpc) is 3.41. The van der Waals surface area contributed by atoms with Crippen molar-refractivity contribution in [3.63, 3.8) is 0 Å². The first-order chi connectivity index (χ1) is 13.5. The van der Waals surface area contributed by atoms with Crippen LogP contribution in [0.15, 0.2) is 48.5 Å². The Morgan fingerprint density at radius 3 is 2.54 bits per heavy atom. The number of nitrogens with zero attached hydrogens (tertiary/aromatic N) is 1. The zero-order chi connectivity index (χ0) is 19.7. The number of hydrogen-bond acceptors (Lipinski definition) is 2. The summed E-state index contributed by atoms with van der Waals surface area (Å²) in [5.74, 6) is 0.0891. The SMILES string of the molecule is Cc1ccccc1[C@@H](CC(=O)N(C1CC1)[C@@H]1CCc2ccccc21)NC(N)=O. The molecule has 0 spiro atoms. The molecule has 2 aliphatic rings. The first kappa shape index (κ1) is 18.5. The van der Waals surface area contributed by atoms with Gasteiger partial charge in [-0.2, -0.15) is 0 Å². The lowest BCUT2D eigenvalue weighted by atomic mass is 9.97. The summed E-state index contributed by atoms with van der Waals surface area (Å²) in [7, 11) is 0. The van der Waals surface area contributed by atoms with Crippen molar-refractivity contribution in [3.05, 3.63) is 70.8 Å². The third-order valence-electron chi connectivity index (χ3n) is 5.92. The molecule has 2 aromatic carbocycles. The van der Waals surface area contributed by atoms with Crippen LogP contribution in [0.1, 0.15) is 60.0 Å². The summed E-state index contributed by atoms with van der Waals surface area (Å²) in [4.78, 5) is 27.1. The van der Waals surface area contributed by atoms with Crippen molar-refractivity contribution in [1.29, 1.82) is 0 Å². The van der Waals surface area contributed by atoms with Crippen LogP contribution in [0.2, 0.25) is 0 Å². The van der Waals surface area contributed by atoms with E-state index in [4.69, 9.17) is 5.73 Å². The van der Waals surface area contributed by atoms with Gasteiger partial charge in [-0.3, -0.25) is 4.79 Å². The molecule has 3 N–H and O–H groups in total. The zero-order valence-electron chi connectivity index (χ0n) is 16.2. The number of carbonyl (C=O) groups is 2. The van der Waals surface area contributed by atoms with Crippen LogP contribution in [0.25, 0.3) is 0 Å². The number of amides is 3. The molecule has 0 saturated heterocycles. The monoisotopic (exact) mass is 377 g/mol. The standard InChI is InChI=1S/C23H27N3O2/c1-15-6-2-4-8-18(15)20(25-23(24)28)14-22(27)26(17-11-12-17)21-13-10-16-7-3-5-9-19(16)21/h2-9,17,20-21H,10-14H2,1H3,(H3,24,25,28)/t20-,21-/m1/s1. The number of fused-ring (bicyclic) bond motifs is 1. The molecule has 5 heteroatoms. The van der Waals surface area contributed by atoms with Crippen molar-refractivity contribution in [1.82, 2.24) is 10.2 Å². The van der Waals surface area contributed by atoms with Crippen LogP contribution in [-0.4, -0.2) is 22.9 Å². The fourth-order valence-corrected chi connectivity index (χ4v) is 4.48. The number of primary amides is 1. The lowest BCUT2D eigenvalue weighted by Crippen LogP contribution is -2.40. The van der Waals surface area contributed by atoms with Crippen LogP contribution in [0.4, 0.5) is 4.79 Å². The third-order valence-corrected chi connectivity index (χ3v) is 5.92. The fraction of sp³-hybridized carbons (Fsp3) is 0.391. The highest BCUT2D eigenvalue weighted by atomic mass is 16.2. The van der Waals surface area contributed by atoms with E-state index >= 15 is 0 Å². The summed E-state index contributed by atoms with van der Waals surface area (Å²) in [6.07, 6.45) is 4.33. The summed E-state index contributed by atoms with van der Waals surface area (Å²) in [6, 6.07) is 15.7. The second kappa shape index (κ2) is 7.66. The molecule has 2 atom stereocenters. The molecule has 0 unspecified atom stereocenters. The lowest BCUT2D eigenvalue weighted by molar-refractivity contribution is -0.135. The van der Waals surface area contributed by atoms with Gasteiger partial charge < -0.3 is 16.0 Å². The van der Waals surface area contributed by atoms with E-state index in [9.17, 15) is 9.59 Å². The second-order valence-corrected chi connectivity index (χ2v) is 7.91. The third kappa shape index (κ3) is 3.75. The van der Waals surface area contributed by atoms with Crippen molar-refractivity contribution in [2.45, 2.75) is 57.2 Å². The Morgan fingerprint density at radius 1 is 1.11 bits per heavy atom. The molecule has 4 rings (SSSR count). The van der Waals surface area contributed by atoms with Gasteiger partial charge in [-0.15, -0.1) is 0 Å². The lowest BCUT2D eigenvalue weighted by Gasteiger charge is -2.32. The molecule has 2 aliphatic carbocycles. The molecule has 28 heavy (non-hydrogen) atoms. The van der Waals surface area contributed by atoms with E-state index in [2.05, 4.69) is 34.5 Å². The van der Waals surface area contributed by atoms with Gasteiger partial charge in [0.25, 0.3) is 0 Å². The minimum Gasteiger partial charge on any atom is -0.352 e. The Hall–Kier alpha value is -2.82. The molecule has 2 aromatic rings. The van der Waals surface area contributed by atoms with Crippen molar-refractivity contribution in [3.8, 4) is 0 Å². The van der Waals surface area contributed by atoms with E-state index in [1.54, 1.807) is 0 Å². The summed E-state index contributed by atoms with van der Waals surface area (Å²) >= 11 is 0. The number of carbonyl (C=O) groups excluding carboxylic acids is 2. The maximum absolute atomic E-state index is 13.4. The number of aryl methyl sites for hydroxylation is 2. The van der Waals surface area contributed by atoms with Crippen LogP contribution in [0.5, 0.6) is 0 Å². The number of urea groups is 1. The topological polar surface area (TPSA) is 75.4 Å². The van der Waals surface area contributed by atoms with Gasteiger partial charge in [-0.05, 0) is 54.9 Å². The van der Waals surface area contributed by atoms with E-state index in [0.29, 0.717) is 6.04 Å². The molecule has 0 aliphatic heterocycles. The quantitative estimate of drug-likeness (QED) is 0.804. The van der Waals surface area contributed by atoms with Crippen LogP contribution in [0, 0.1) is 6.92 Å². The molecule has 0 heterocycles. The Balaban J connectivity index is 1.59. The smallest absolute Gasteiger partial charge is 0.312 e. The van der Waals surface area contributed by atoms with Crippen molar-refractivity contribution in [2.75, 3.05) is 0 Å². The van der Waals surface area contributed by atoms with Gasteiger partial charge in [-0.1, -0.05) is 48.5 Å². The van der Waals surface area contributed by atoms with Gasteiger partial charge >= 0.3 is 6.03 Å². The number of hydrogen-bond donors (Lipinski definition) is 2. The number of nitrogens with two attached hydrogens (primary N) is 1. The zero-order valence-corrected chi connectivity index (χ0v) is 16.2. The number of nitrogens with one attached hydrogen (secondary N) is 1. The highest BCUT2D eigenvalue weighted by Crippen LogP contribution is 2.42. The summed E-state index contributed by atoms with van der Waals surface area (Å²) in [5, 5.41) is 2.78. The Kier molecular flexibility index (Phi) is 5.07. The van der Waals surface area contributed by atoms with E-state index in [1.165, 1.54) is 11.1 Å². The Morgan fingerprint density at radius 2 is 1.82 bits per heavy atom. The molecule has 1 fully saturated rings. The maximum Gasteiger partial charge on any atom is 0.312 e. The largest absolute Gasteiger partial charge is 0.352 e. The molecule has 5 nitrogen and oxygen atoms in total. The minimum absolute atomic E-state index is 0.0891. The van der Waals surface area contributed by atoms with Gasteiger partial charge in [0.1, 0.15) is 0 Å². The van der Waals surface area contributed by atoms with Crippen molar-refractivity contribution in [2.24, 2.45) is 5.73 Å². The van der Waals surface area contributed by atoms with E-state index in [-0.39, 0.29) is 18.4 Å². The van der Waals surface area contributed by atoms with E-state index < -0.39 is 12.1 Å². The van der Waals surface area contributed by atoms with Crippen LogP contribution >= 0.6 is 0 Å². The van der Waals surface area contributed by atoms with Crippen LogP contribution in [0.3, 0.4) is 0 Å². The predicted molar refractivity (Wildman–Crippen MR) is 109 cm³/mol. The summed E-state index contributed by atoms with van der Waals surface area (Å²) in [6.45, 7) is 1.99.